The Morgan fingerprint density at radius 2 is 2.03 bits per heavy atom. The maximum absolute atomic E-state index is 12.9. The van der Waals surface area contributed by atoms with E-state index in [1.54, 1.807) is 42.7 Å². The molecular weight excluding hydrogens is 386 g/mol. The van der Waals surface area contributed by atoms with Gasteiger partial charge in [0.2, 0.25) is 6.79 Å². The summed E-state index contributed by atoms with van der Waals surface area (Å²) < 4.78 is 10.7. The van der Waals surface area contributed by atoms with Gasteiger partial charge in [-0.2, -0.15) is 0 Å². The number of hydrogen-bond donors (Lipinski definition) is 1. The van der Waals surface area contributed by atoms with E-state index in [-0.39, 0.29) is 18.1 Å². The highest BCUT2D eigenvalue weighted by Gasteiger charge is 2.46. The second-order valence-corrected chi connectivity index (χ2v) is 7.50. The lowest BCUT2D eigenvalue weighted by Gasteiger charge is -2.25. The fourth-order valence-corrected chi connectivity index (χ4v) is 3.75. The van der Waals surface area contributed by atoms with Gasteiger partial charge in [0.15, 0.2) is 11.5 Å². The molecule has 1 amide bonds. The van der Waals surface area contributed by atoms with E-state index in [0.717, 1.165) is 6.54 Å². The minimum Gasteiger partial charge on any atom is -0.507 e. The molecule has 1 aromatic heterocycles. The van der Waals surface area contributed by atoms with E-state index < -0.39 is 17.7 Å². The monoisotopic (exact) mass is 409 g/mol. The summed E-state index contributed by atoms with van der Waals surface area (Å²) in [4.78, 5) is 33.5. The van der Waals surface area contributed by atoms with Crippen molar-refractivity contribution in [3.63, 3.8) is 0 Å². The first-order valence-electron chi connectivity index (χ1n) is 9.70. The van der Waals surface area contributed by atoms with Crippen LogP contribution in [0.2, 0.25) is 0 Å². The van der Waals surface area contributed by atoms with Gasteiger partial charge in [-0.15, -0.1) is 0 Å². The van der Waals surface area contributed by atoms with Crippen LogP contribution < -0.4 is 9.47 Å². The summed E-state index contributed by atoms with van der Waals surface area (Å²) in [7, 11) is 3.90. The van der Waals surface area contributed by atoms with Gasteiger partial charge in [-0.05, 0) is 56.9 Å². The number of likely N-dealkylation sites (tertiary alicyclic amines) is 1. The predicted octanol–water partition coefficient (Wildman–Crippen LogP) is 2.18. The number of aromatic nitrogens is 1. The molecule has 2 aliphatic heterocycles. The summed E-state index contributed by atoms with van der Waals surface area (Å²) in [5.41, 5.74) is 1.11. The second kappa shape index (κ2) is 8.16. The van der Waals surface area contributed by atoms with E-state index in [2.05, 4.69) is 4.98 Å². The minimum absolute atomic E-state index is 0.0525. The molecule has 0 bridgehead atoms. The normalized spacial score (nSPS) is 19.7. The lowest BCUT2D eigenvalue weighted by molar-refractivity contribution is -0.139. The Bertz CT molecular complexity index is 1000. The van der Waals surface area contributed by atoms with Gasteiger partial charge in [0, 0.05) is 24.5 Å². The van der Waals surface area contributed by atoms with Crippen LogP contribution in [0.25, 0.3) is 5.76 Å². The van der Waals surface area contributed by atoms with Gasteiger partial charge in [-0.3, -0.25) is 14.6 Å². The molecule has 30 heavy (non-hydrogen) atoms. The number of aliphatic hydroxyl groups is 1. The number of nitrogens with zero attached hydrogens (tertiary/aromatic N) is 3. The Kier molecular flexibility index (Phi) is 5.41. The van der Waals surface area contributed by atoms with Gasteiger partial charge < -0.3 is 24.4 Å². The van der Waals surface area contributed by atoms with Crippen LogP contribution in [-0.2, 0) is 9.59 Å². The number of ether oxygens (including phenoxy) is 2. The number of rotatable bonds is 6. The highest BCUT2D eigenvalue weighted by atomic mass is 16.7. The summed E-state index contributed by atoms with van der Waals surface area (Å²) in [5.74, 6) is -0.513. The molecule has 1 fully saturated rings. The Labute approximate surface area is 174 Å². The van der Waals surface area contributed by atoms with E-state index >= 15 is 0 Å². The van der Waals surface area contributed by atoms with Crippen molar-refractivity contribution in [1.29, 1.82) is 0 Å². The van der Waals surface area contributed by atoms with Crippen molar-refractivity contribution in [3.8, 4) is 11.5 Å². The smallest absolute Gasteiger partial charge is 0.295 e. The number of aliphatic hydroxyl groups excluding tert-OH is 1. The van der Waals surface area contributed by atoms with Gasteiger partial charge in [-0.1, -0.05) is 6.07 Å². The van der Waals surface area contributed by atoms with Crippen LogP contribution in [0.5, 0.6) is 11.5 Å². The quantitative estimate of drug-likeness (QED) is 0.444. The summed E-state index contributed by atoms with van der Waals surface area (Å²) in [6.45, 7) is 1.26. The molecule has 8 heteroatoms. The lowest BCUT2D eigenvalue weighted by atomic mass is 9.96. The Morgan fingerprint density at radius 1 is 1.23 bits per heavy atom. The molecule has 2 aromatic rings. The zero-order valence-electron chi connectivity index (χ0n) is 16.9. The van der Waals surface area contributed by atoms with Crippen molar-refractivity contribution < 1.29 is 24.2 Å². The van der Waals surface area contributed by atoms with E-state index in [1.165, 1.54) is 4.90 Å². The van der Waals surface area contributed by atoms with Crippen molar-refractivity contribution in [1.82, 2.24) is 14.8 Å². The molecule has 1 atom stereocenters. The number of amides is 1. The first-order chi connectivity index (χ1) is 14.5. The van der Waals surface area contributed by atoms with Crippen LogP contribution in [0.1, 0.15) is 23.6 Å². The molecular formula is C22H23N3O5. The number of carbonyl (C=O) groups excluding carboxylic acids is 2. The average Bonchev–Trinajstić information content (AvgIpc) is 3.31. The molecule has 0 spiro atoms. The highest BCUT2D eigenvalue weighted by Crippen LogP contribution is 2.41. The van der Waals surface area contributed by atoms with Gasteiger partial charge in [0.1, 0.15) is 5.76 Å². The SMILES string of the molecule is CN(C)CCCN1C(=O)C(=O)C(=C(O)c2ccc3c(c2)OCO3)C1c1cccnc1. The first kappa shape index (κ1) is 19.9. The van der Waals surface area contributed by atoms with Crippen LogP contribution in [0, 0.1) is 0 Å². The van der Waals surface area contributed by atoms with Gasteiger partial charge in [-0.25, -0.2) is 0 Å². The van der Waals surface area contributed by atoms with Gasteiger partial charge >= 0.3 is 0 Å². The van der Waals surface area contributed by atoms with E-state index in [4.69, 9.17) is 9.47 Å². The molecule has 156 valence electrons. The number of benzene rings is 1. The molecule has 3 heterocycles. The number of fused-ring (bicyclic) bond motifs is 1. The number of Topliss-reactive ketones (excluding diaryl/α,β-unsaturated/α-hetero) is 1. The summed E-state index contributed by atoms with van der Waals surface area (Å²) >= 11 is 0. The molecule has 2 aliphatic rings. The van der Waals surface area contributed by atoms with Crippen LogP contribution in [0.15, 0.2) is 48.3 Å². The number of ketones is 1. The van der Waals surface area contributed by atoms with Crippen LogP contribution >= 0.6 is 0 Å². The third-order valence-electron chi connectivity index (χ3n) is 5.19. The van der Waals surface area contributed by atoms with E-state index in [1.807, 2.05) is 19.0 Å². The Morgan fingerprint density at radius 3 is 2.77 bits per heavy atom. The predicted molar refractivity (Wildman–Crippen MR) is 109 cm³/mol. The highest BCUT2D eigenvalue weighted by molar-refractivity contribution is 6.46. The molecule has 1 saturated heterocycles. The molecule has 0 saturated carbocycles. The second-order valence-electron chi connectivity index (χ2n) is 7.50. The van der Waals surface area contributed by atoms with Crippen molar-refractivity contribution in [2.24, 2.45) is 0 Å². The topological polar surface area (TPSA) is 92.2 Å². The largest absolute Gasteiger partial charge is 0.507 e. The number of hydrogen-bond acceptors (Lipinski definition) is 7. The maximum atomic E-state index is 12.9. The fraction of sp³-hybridized carbons (Fsp3) is 0.318. The zero-order chi connectivity index (χ0) is 21.3. The Hall–Kier alpha value is -3.39. The first-order valence-corrected chi connectivity index (χ1v) is 9.70. The van der Waals surface area contributed by atoms with Crippen molar-refractivity contribution in [2.45, 2.75) is 12.5 Å². The number of carbonyl (C=O) groups is 2. The Balaban J connectivity index is 1.77. The molecule has 1 aromatic carbocycles. The summed E-state index contributed by atoms with van der Waals surface area (Å²) in [5, 5.41) is 11.1. The van der Waals surface area contributed by atoms with Crippen LogP contribution in [-0.4, -0.2) is 65.6 Å². The van der Waals surface area contributed by atoms with Crippen LogP contribution in [0.4, 0.5) is 0 Å². The van der Waals surface area contributed by atoms with E-state index in [9.17, 15) is 14.7 Å². The number of pyridine rings is 1. The lowest BCUT2D eigenvalue weighted by Crippen LogP contribution is -2.32. The molecule has 0 aliphatic carbocycles. The molecule has 4 rings (SSSR count). The maximum Gasteiger partial charge on any atom is 0.295 e. The molecule has 1 N–H and O–H groups in total. The van der Waals surface area contributed by atoms with Crippen molar-refractivity contribution >= 4 is 17.4 Å². The van der Waals surface area contributed by atoms with Crippen molar-refractivity contribution in [3.05, 3.63) is 59.4 Å². The zero-order valence-corrected chi connectivity index (χ0v) is 16.9. The third-order valence-corrected chi connectivity index (χ3v) is 5.19. The third kappa shape index (κ3) is 3.61. The van der Waals surface area contributed by atoms with E-state index in [0.29, 0.717) is 35.6 Å². The van der Waals surface area contributed by atoms with Gasteiger partial charge in [0.25, 0.3) is 11.7 Å². The summed E-state index contributed by atoms with van der Waals surface area (Å²) in [6.07, 6.45) is 3.93. The minimum atomic E-state index is -0.705. The molecule has 0 radical (unpaired) electrons. The van der Waals surface area contributed by atoms with Crippen LogP contribution in [0.3, 0.4) is 0 Å². The fourth-order valence-electron chi connectivity index (χ4n) is 3.75. The van der Waals surface area contributed by atoms with Crippen molar-refractivity contribution in [2.75, 3.05) is 34.0 Å². The molecule has 8 nitrogen and oxygen atoms in total. The average molecular weight is 409 g/mol. The molecule has 1 unspecified atom stereocenters. The van der Waals surface area contributed by atoms with Gasteiger partial charge in [0.05, 0.1) is 11.6 Å². The summed E-state index contributed by atoms with van der Waals surface area (Å²) in [6, 6.07) is 7.76. The standard InChI is InChI=1S/C22H23N3O5/c1-24(2)9-4-10-25-19(15-5-3-8-23-12-15)18(21(27)22(25)28)20(26)14-6-7-16-17(11-14)30-13-29-16/h3,5-8,11-12,19,26H,4,9-10,13H2,1-2H3.